The normalized spacial score (nSPS) is 12.7. The van der Waals surface area contributed by atoms with E-state index < -0.39 is 11.9 Å². The van der Waals surface area contributed by atoms with Crippen LogP contribution in [0.3, 0.4) is 0 Å². The molecule has 0 aliphatic carbocycles. The van der Waals surface area contributed by atoms with Crippen LogP contribution in [0, 0.1) is 0 Å². The molecular formula is C8H14N2O2S. The first-order chi connectivity index (χ1) is 6.22. The summed E-state index contributed by atoms with van der Waals surface area (Å²) in [5.74, 6) is 0.237. The highest BCUT2D eigenvalue weighted by Gasteiger charge is 2.10. The van der Waals surface area contributed by atoms with E-state index in [2.05, 4.69) is 17.9 Å². The van der Waals surface area contributed by atoms with Crippen LogP contribution in [0.15, 0.2) is 12.2 Å². The van der Waals surface area contributed by atoms with Gasteiger partial charge in [0.15, 0.2) is 0 Å². The van der Waals surface area contributed by atoms with Crippen LogP contribution in [0.4, 0.5) is 0 Å². The van der Waals surface area contributed by atoms with Gasteiger partial charge in [-0.15, -0.1) is 0 Å². The second kappa shape index (κ2) is 7.67. The van der Waals surface area contributed by atoms with Crippen molar-refractivity contribution in [1.29, 1.82) is 0 Å². The third kappa shape index (κ3) is 6.21. The van der Waals surface area contributed by atoms with Gasteiger partial charge in [-0.25, -0.2) is 0 Å². The van der Waals surface area contributed by atoms with Crippen molar-refractivity contribution in [3.63, 3.8) is 0 Å². The molecule has 0 saturated carbocycles. The molecule has 0 spiro atoms. The zero-order chi connectivity index (χ0) is 10.1. The topological polar surface area (TPSA) is 72.2 Å². The summed E-state index contributed by atoms with van der Waals surface area (Å²) in [6.45, 7) is 0. The fourth-order valence-electron chi connectivity index (χ4n) is 0.773. The van der Waals surface area contributed by atoms with Crippen LogP contribution in [0.25, 0.3) is 0 Å². The molecule has 0 radical (unpaired) electrons. The van der Waals surface area contributed by atoms with Crippen molar-refractivity contribution in [3.05, 3.63) is 12.2 Å². The van der Waals surface area contributed by atoms with Crippen molar-refractivity contribution >= 4 is 24.9 Å². The van der Waals surface area contributed by atoms with Crippen molar-refractivity contribution in [1.82, 2.24) is 5.32 Å². The first kappa shape index (κ1) is 12.0. The standard InChI is InChI=1S/C8H14N2O2S/c9-8(12)7(10-6-11)4-2-1-3-5-13/h1-2,6-7,13H,3-5H2,(H2,9,12)(H,10,11)/b2-1+/t7-/m0/s1. The lowest BCUT2D eigenvalue weighted by molar-refractivity contribution is -0.122. The number of nitrogens with one attached hydrogen (secondary N) is 1. The number of carbonyl (C=O) groups is 2. The Kier molecular flexibility index (Phi) is 7.10. The summed E-state index contributed by atoms with van der Waals surface area (Å²) >= 11 is 4.01. The van der Waals surface area contributed by atoms with E-state index in [4.69, 9.17) is 5.73 Å². The minimum Gasteiger partial charge on any atom is -0.368 e. The number of hydrogen-bond donors (Lipinski definition) is 3. The molecule has 0 rings (SSSR count). The molecule has 0 aliphatic rings. The number of rotatable bonds is 7. The predicted molar refractivity (Wildman–Crippen MR) is 54.4 cm³/mol. The highest BCUT2D eigenvalue weighted by atomic mass is 32.1. The SMILES string of the molecule is NC(=O)[C@H](C/C=C/CCS)NC=O. The Hall–Kier alpha value is -0.970. The molecule has 0 aromatic rings. The number of nitrogens with two attached hydrogens (primary N) is 1. The van der Waals surface area contributed by atoms with Crippen molar-refractivity contribution in [3.8, 4) is 0 Å². The first-order valence-corrected chi connectivity index (χ1v) is 4.60. The average Bonchev–Trinajstić information content (AvgIpc) is 2.10. The number of hydrogen-bond acceptors (Lipinski definition) is 3. The van der Waals surface area contributed by atoms with E-state index in [1.54, 1.807) is 0 Å². The molecule has 0 heterocycles. The summed E-state index contributed by atoms with van der Waals surface area (Å²) in [5, 5.41) is 2.33. The fraction of sp³-hybridized carbons (Fsp3) is 0.500. The lowest BCUT2D eigenvalue weighted by Crippen LogP contribution is -2.40. The predicted octanol–water partition coefficient (Wildman–Crippen LogP) is -0.148. The molecule has 0 aromatic heterocycles. The smallest absolute Gasteiger partial charge is 0.240 e. The van der Waals surface area contributed by atoms with Gasteiger partial charge >= 0.3 is 0 Å². The van der Waals surface area contributed by atoms with Crippen LogP contribution >= 0.6 is 12.6 Å². The van der Waals surface area contributed by atoms with E-state index in [0.717, 1.165) is 12.2 Å². The molecule has 0 fully saturated rings. The molecule has 0 saturated heterocycles. The first-order valence-electron chi connectivity index (χ1n) is 3.97. The minimum absolute atomic E-state index is 0.432. The number of carbonyl (C=O) groups excluding carboxylic acids is 2. The Morgan fingerprint density at radius 3 is 2.69 bits per heavy atom. The summed E-state index contributed by atoms with van der Waals surface area (Å²) in [6.07, 6.45) is 5.46. The second-order valence-corrected chi connectivity index (χ2v) is 2.91. The van der Waals surface area contributed by atoms with Crippen LogP contribution < -0.4 is 11.1 Å². The summed E-state index contributed by atoms with van der Waals surface area (Å²) in [6, 6.07) is -0.603. The van der Waals surface area contributed by atoms with Gasteiger partial charge in [-0.3, -0.25) is 9.59 Å². The maximum absolute atomic E-state index is 10.7. The fourth-order valence-corrected chi connectivity index (χ4v) is 0.922. The van der Waals surface area contributed by atoms with Crippen molar-refractivity contribution in [2.45, 2.75) is 18.9 Å². The molecule has 0 bridgehead atoms. The maximum Gasteiger partial charge on any atom is 0.240 e. The molecule has 4 nitrogen and oxygen atoms in total. The lowest BCUT2D eigenvalue weighted by atomic mass is 10.2. The van der Waals surface area contributed by atoms with Gasteiger partial charge in [0, 0.05) is 0 Å². The van der Waals surface area contributed by atoms with E-state index >= 15 is 0 Å². The Labute approximate surface area is 83.0 Å². The lowest BCUT2D eigenvalue weighted by Gasteiger charge is -2.08. The minimum atomic E-state index is -0.603. The molecule has 13 heavy (non-hydrogen) atoms. The molecule has 74 valence electrons. The highest BCUT2D eigenvalue weighted by molar-refractivity contribution is 7.80. The monoisotopic (exact) mass is 202 g/mol. The summed E-state index contributed by atoms with van der Waals surface area (Å²) < 4.78 is 0. The number of allylic oxidation sites excluding steroid dienone is 1. The number of thiol groups is 1. The van der Waals surface area contributed by atoms with Gasteiger partial charge in [0.25, 0.3) is 0 Å². The Bertz CT molecular complexity index is 195. The zero-order valence-electron chi connectivity index (χ0n) is 7.27. The molecule has 5 heteroatoms. The van der Waals surface area contributed by atoms with Crippen molar-refractivity contribution < 1.29 is 9.59 Å². The van der Waals surface area contributed by atoms with Gasteiger partial charge in [-0.05, 0) is 18.6 Å². The van der Waals surface area contributed by atoms with Crippen LogP contribution in [-0.2, 0) is 9.59 Å². The van der Waals surface area contributed by atoms with Gasteiger partial charge in [0.1, 0.15) is 6.04 Å². The third-order valence-corrected chi connectivity index (χ3v) is 1.71. The maximum atomic E-state index is 10.7. The highest BCUT2D eigenvalue weighted by Crippen LogP contribution is 1.94. The number of amides is 2. The molecule has 3 N–H and O–H groups in total. The molecule has 2 amide bonds. The molecule has 0 unspecified atom stereocenters. The van der Waals surface area contributed by atoms with E-state index in [1.165, 1.54) is 0 Å². The van der Waals surface area contributed by atoms with Gasteiger partial charge in [0.05, 0.1) is 0 Å². The largest absolute Gasteiger partial charge is 0.368 e. The second-order valence-electron chi connectivity index (χ2n) is 2.46. The van der Waals surface area contributed by atoms with Crippen molar-refractivity contribution in [2.75, 3.05) is 5.75 Å². The van der Waals surface area contributed by atoms with Crippen LogP contribution in [-0.4, -0.2) is 24.1 Å². The molecule has 0 aliphatic heterocycles. The Balaban J connectivity index is 3.81. The van der Waals surface area contributed by atoms with Crippen LogP contribution in [0.1, 0.15) is 12.8 Å². The average molecular weight is 202 g/mol. The Morgan fingerprint density at radius 2 is 2.23 bits per heavy atom. The zero-order valence-corrected chi connectivity index (χ0v) is 8.17. The molecule has 1 atom stereocenters. The summed E-state index contributed by atoms with van der Waals surface area (Å²) in [4.78, 5) is 20.8. The third-order valence-electron chi connectivity index (χ3n) is 1.45. The Morgan fingerprint density at radius 1 is 1.54 bits per heavy atom. The van der Waals surface area contributed by atoms with Gasteiger partial charge < -0.3 is 11.1 Å². The van der Waals surface area contributed by atoms with Crippen molar-refractivity contribution in [2.24, 2.45) is 5.73 Å². The summed E-state index contributed by atoms with van der Waals surface area (Å²) in [5.41, 5.74) is 5.03. The van der Waals surface area contributed by atoms with Gasteiger partial charge in [-0.1, -0.05) is 12.2 Å². The van der Waals surface area contributed by atoms with E-state index in [-0.39, 0.29) is 0 Å². The van der Waals surface area contributed by atoms with E-state index in [9.17, 15) is 9.59 Å². The molecular weight excluding hydrogens is 188 g/mol. The van der Waals surface area contributed by atoms with Crippen LogP contribution in [0.5, 0.6) is 0 Å². The van der Waals surface area contributed by atoms with Gasteiger partial charge in [-0.2, -0.15) is 12.6 Å². The summed E-state index contributed by atoms with van der Waals surface area (Å²) in [7, 11) is 0. The number of primary amides is 1. The van der Waals surface area contributed by atoms with E-state index in [0.29, 0.717) is 12.8 Å². The van der Waals surface area contributed by atoms with Gasteiger partial charge in [0.2, 0.25) is 12.3 Å². The van der Waals surface area contributed by atoms with Crippen LogP contribution in [0.2, 0.25) is 0 Å². The molecule has 0 aromatic carbocycles. The van der Waals surface area contributed by atoms with E-state index in [1.807, 2.05) is 12.2 Å². The quantitative estimate of drug-likeness (QED) is 0.305.